The van der Waals surface area contributed by atoms with Gasteiger partial charge in [-0.05, 0) is 37.5 Å². The number of unbranched alkanes of at least 4 members (excludes halogenated alkanes) is 1. The van der Waals surface area contributed by atoms with Crippen LogP contribution in [0, 0.1) is 12.7 Å². The van der Waals surface area contributed by atoms with Crippen LogP contribution in [0.15, 0.2) is 23.2 Å². The van der Waals surface area contributed by atoms with Crippen LogP contribution in [0.3, 0.4) is 0 Å². The lowest BCUT2D eigenvalue weighted by Gasteiger charge is -2.12. The Hall–Kier alpha value is -0.930. The van der Waals surface area contributed by atoms with Gasteiger partial charge in [0.2, 0.25) is 0 Å². The first-order valence-corrected chi connectivity index (χ1v) is 9.10. The summed E-state index contributed by atoms with van der Waals surface area (Å²) in [6.07, 6.45) is 2.24. The molecule has 0 saturated carbocycles. The van der Waals surface area contributed by atoms with Crippen molar-refractivity contribution in [3.63, 3.8) is 0 Å². The Labute approximate surface area is 174 Å². The van der Waals surface area contributed by atoms with Crippen molar-refractivity contribution in [2.24, 2.45) is 4.99 Å². The van der Waals surface area contributed by atoms with Crippen LogP contribution in [-0.4, -0.2) is 45.5 Å². The third-order valence-corrected chi connectivity index (χ3v) is 3.54. The summed E-state index contributed by atoms with van der Waals surface area (Å²) in [4.78, 5) is 4.51. The van der Waals surface area contributed by atoms with E-state index in [1.165, 1.54) is 6.07 Å². The lowest BCUT2D eigenvalue weighted by Crippen LogP contribution is -2.39. The van der Waals surface area contributed by atoms with E-state index in [4.69, 9.17) is 9.47 Å². The van der Waals surface area contributed by atoms with Gasteiger partial charge in [0, 0.05) is 19.7 Å². The summed E-state index contributed by atoms with van der Waals surface area (Å²) in [5, 5.41) is 6.42. The predicted octanol–water partition coefficient (Wildman–Crippen LogP) is 3.64. The Kier molecular flexibility index (Phi) is 15.7. The first-order valence-electron chi connectivity index (χ1n) is 9.10. The van der Waals surface area contributed by atoms with E-state index < -0.39 is 0 Å². The molecule has 0 spiro atoms. The Bertz CT molecular complexity index is 516. The van der Waals surface area contributed by atoms with Gasteiger partial charge < -0.3 is 20.1 Å². The van der Waals surface area contributed by atoms with Crippen LogP contribution in [0.1, 0.15) is 37.8 Å². The van der Waals surface area contributed by atoms with Crippen LogP contribution in [0.25, 0.3) is 0 Å². The lowest BCUT2D eigenvalue weighted by molar-refractivity contribution is 0.0487. The fourth-order valence-electron chi connectivity index (χ4n) is 2.13. The monoisotopic (exact) mass is 481 g/mol. The van der Waals surface area contributed by atoms with Gasteiger partial charge in [-0.15, -0.1) is 24.0 Å². The smallest absolute Gasteiger partial charge is 0.191 e. The van der Waals surface area contributed by atoms with E-state index in [2.05, 4.69) is 22.5 Å². The number of aryl methyl sites for hydroxylation is 1. The molecule has 150 valence electrons. The topological polar surface area (TPSA) is 54.9 Å². The summed E-state index contributed by atoms with van der Waals surface area (Å²) in [5.41, 5.74) is 1.62. The molecule has 1 aromatic rings. The van der Waals surface area contributed by atoms with Crippen LogP contribution < -0.4 is 10.6 Å². The van der Waals surface area contributed by atoms with Gasteiger partial charge in [-0.2, -0.15) is 0 Å². The molecule has 0 radical (unpaired) electrons. The summed E-state index contributed by atoms with van der Waals surface area (Å²) >= 11 is 0. The number of ether oxygens (including phenoxy) is 2. The number of hydrogen-bond acceptors (Lipinski definition) is 3. The van der Waals surface area contributed by atoms with E-state index in [9.17, 15) is 4.39 Å². The summed E-state index contributed by atoms with van der Waals surface area (Å²) in [5.74, 6) is 0.542. The number of nitrogens with zero attached hydrogens (tertiary/aromatic N) is 1. The highest BCUT2D eigenvalue weighted by Gasteiger charge is 2.00. The second-order valence-electron chi connectivity index (χ2n) is 5.78. The molecule has 0 heterocycles. The summed E-state index contributed by atoms with van der Waals surface area (Å²) in [6.45, 7) is 10.5. The average Bonchev–Trinajstić information content (AvgIpc) is 2.61. The van der Waals surface area contributed by atoms with Gasteiger partial charge in [0.15, 0.2) is 5.96 Å². The fourth-order valence-corrected chi connectivity index (χ4v) is 2.13. The number of rotatable bonds is 12. The third kappa shape index (κ3) is 11.6. The summed E-state index contributed by atoms with van der Waals surface area (Å²) < 4.78 is 24.2. The first-order chi connectivity index (χ1) is 12.2. The van der Waals surface area contributed by atoms with Crippen molar-refractivity contribution in [2.45, 2.75) is 40.2 Å². The van der Waals surface area contributed by atoms with E-state index in [1.807, 2.05) is 13.0 Å². The number of halogens is 2. The molecule has 0 fully saturated rings. The number of benzene rings is 1. The predicted molar refractivity (Wildman–Crippen MR) is 116 cm³/mol. The van der Waals surface area contributed by atoms with Crippen LogP contribution in [0.2, 0.25) is 0 Å². The molecule has 0 bridgehead atoms. The van der Waals surface area contributed by atoms with E-state index in [-0.39, 0.29) is 29.8 Å². The highest BCUT2D eigenvalue weighted by molar-refractivity contribution is 14.0. The van der Waals surface area contributed by atoms with Crippen molar-refractivity contribution in [1.82, 2.24) is 10.6 Å². The maximum atomic E-state index is 13.3. The van der Waals surface area contributed by atoms with Gasteiger partial charge in [-0.1, -0.05) is 25.5 Å². The molecule has 1 rings (SSSR count). The zero-order valence-corrected chi connectivity index (χ0v) is 18.5. The second-order valence-corrected chi connectivity index (χ2v) is 5.78. The molecule has 0 aliphatic carbocycles. The Morgan fingerprint density at radius 1 is 1.08 bits per heavy atom. The van der Waals surface area contributed by atoms with Gasteiger partial charge in [-0.25, -0.2) is 9.38 Å². The zero-order chi connectivity index (χ0) is 18.3. The minimum atomic E-state index is -0.186. The highest BCUT2D eigenvalue weighted by atomic mass is 127. The molecule has 0 unspecified atom stereocenters. The molecule has 0 amide bonds. The van der Waals surface area contributed by atoms with Gasteiger partial charge in [0.25, 0.3) is 0 Å². The zero-order valence-electron chi connectivity index (χ0n) is 16.1. The standard InChI is InChI=1S/C19H32FN3O2.HI/c1-4-6-10-24-12-13-25-11-9-22-19(21-5-2)23-15-17-7-8-18(20)16(3)14-17;/h7-8,14H,4-6,9-13,15H2,1-3H3,(H2,21,22,23);1H. The van der Waals surface area contributed by atoms with Gasteiger partial charge in [0.1, 0.15) is 5.82 Å². The fraction of sp³-hybridized carbons (Fsp3) is 0.632. The van der Waals surface area contributed by atoms with Gasteiger partial charge >= 0.3 is 0 Å². The van der Waals surface area contributed by atoms with Crippen molar-refractivity contribution in [3.05, 3.63) is 35.1 Å². The molecular weight excluding hydrogens is 448 g/mol. The molecule has 0 aliphatic heterocycles. The normalized spacial score (nSPS) is 11.2. The van der Waals surface area contributed by atoms with Crippen LogP contribution in [0.5, 0.6) is 0 Å². The van der Waals surface area contributed by atoms with E-state index >= 15 is 0 Å². The molecule has 0 saturated heterocycles. The van der Waals surface area contributed by atoms with Crippen molar-refractivity contribution in [1.29, 1.82) is 0 Å². The number of guanidine groups is 1. The van der Waals surface area contributed by atoms with E-state index in [0.717, 1.165) is 37.5 Å². The summed E-state index contributed by atoms with van der Waals surface area (Å²) in [7, 11) is 0. The number of nitrogens with one attached hydrogen (secondary N) is 2. The minimum Gasteiger partial charge on any atom is -0.379 e. The van der Waals surface area contributed by atoms with Crippen molar-refractivity contribution >= 4 is 29.9 Å². The highest BCUT2D eigenvalue weighted by Crippen LogP contribution is 2.09. The molecular formula is C19H33FIN3O2. The molecule has 5 nitrogen and oxygen atoms in total. The maximum Gasteiger partial charge on any atom is 0.191 e. The maximum absolute atomic E-state index is 13.3. The van der Waals surface area contributed by atoms with Gasteiger partial charge in [-0.3, -0.25) is 0 Å². The number of hydrogen-bond donors (Lipinski definition) is 2. The first kappa shape index (κ1) is 25.1. The number of aliphatic imine (C=N–C) groups is 1. The Morgan fingerprint density at radius 2 is 1.81 bits per heavy atom. The summed E-state index contributed by atoms with van der Waals surface area (Å²) in [6, 6.07) is 5.07. The van der Waals surface area contributed by atoms with E-state index in [1.54, 1.807) is 13.0 Å². The van der Waals surface area contributed by atoms with Crippen molar-refractivity contribution in [3.8, 4) is 0 Å². The molecule has 2 N–H and O–H groups in total. The second kappa shape index (κ2) is 16.3. The SMILES string of the molecule is CCCCOCCOCCNC(=NCc1ccc(F)c(C)c1)NCC.I. The Morgan fingerprint density at radius 3 is 2.46 bits per heavy atom. The quantitative estimate of drug-likeness (QED) is 0.207. The molecule has 0 aromatic heterocycles. The van der Waals surface area contributed by atoms with Gasteiger partial charge in [0.05, 0.1) is 26.4 Å². The molecule has 0 atom stereocenters. The molecule has 0 aliphatic rings. The third-order valence-electron chi connectivity index (χ3n) is 3.54. The van der Waals surface area contributed by atoms with Crippen molar-refractivity contribution < 1.29 is 13.9 Å². The lowest BCUT2D eigenvalue weighted by atomic mass is 10.1. The van der Waals surface area contributed by atoms with Crippen LogP contribution >= 0.6 is 24.0 Å². The Balaban J connectivity index is 0.00000625. The van der Waals surface area contributed by atoms with E-state index in [0.29, 0.717) is 38.5 Å². The molecule has 26 heavy (non-hydrogen) atoms. The molecule has 1 aromatic carbocycles. The minimum absolute atomic E-state index is 0. The molecule has 7 heteroatoms. The van der Waals surface area contributed by atoms with Crippen LogP contribution in [0.4, 0.5) is 4.39 Å². The largest absolute Gasteiger partial charge is 0.379 e. The van der Waals surface area contributed by atoms with Crippen LogP contribution in [-0.2, 0) is 16.0 Å². The van der Waals surface area contributed by atoms with Crippen molar-refractivity contribution in [2.75, 3.05) is 39.5 Å². The average molecular weight is 481 g/mol.